The zero-order valence-corrected chi connectivity index (χ0v) is 10.4. The summed E-state index contributed by atoms with van der Waals surface area (Å²) in [4.78, 5) is 0. The monoisotopic (exact) mass is 238 g/mol. The number of aromatic hydroxyl groups is 2. The number of benzene rings is 3. The summed E-state index contributed by atoms with van der Waals surface area (Å²) in [6.45, 7) is 4.00. The lowest BCUT2D eigenvalue weighted by atomic mass is 9.97. The predicted molar refractivity (Wildman–Crippen MR) is 74.3 cm³/mol. The first kappa shape index (κ1) is 10.9. The number of fused-ring (bicyclic) bond motifs is 2. The highest BCUT2D eigenvalue weighted by Gasteiger charge is 2.13. The van der Waals surface area contributed by atoms with Crippen molar-refractivity contribution in [2.75, 3.05) is 0 Å². The lowest BCUT2D eigenvalue weighted by Crippen LogP contribution is -1.85. The van der Waals surface area contributed by atoms with E-state index in [-0.39, 0.29) is 11.5 Å². The van der Waals surface area contributed by atoms with Crippen molar-refractivity contribution < 1.29 is 10.2 Å². The van der Waals surface area contributed by atoms with E-state index in [1.165, 1.54) is 0 Å². The molecule has 0 spiro atoms. The van der Waals surface area contributed by atoms with Gasteiger partial charge >= 0.3 is 0 Å². The first-order valence-electron chi connectivity index (χ1n) is 5.93. The summed E-state index contributed by atoms with van der Waals surface area (Å²) in [6, 6.07) is 11.2. The fourth-order valence-corrected chi connectivity index (χ4v) is 2.39. The van der Waals surface area contributed by atoms with Crippen molar-refractivity contribution in [2.24, 2.45) is 0 Å². The van der Waals surface area contributed by atoms with Crippen molar-refractivity contribution in [3.63, 3.8) is 0 Å². The lowest BCUT2D eigenvalue weighted by Gasteiger charge is -2.11. The summed E-state index contributed by atoms with van der Waals surface area (Å²) >= 11 is 0. The van der Waals surface area contributed by atoms with Crippen LogP contribution in [0.5, 0.6) is 11.5 Å². The van der Waals surface area contributed by atoms with Gasteiger partial charge in [-0.1, -0.05) is 24.3 Å². The minimum Gasteiger partial charge on any atom is -0.507 e. The molecule has 0 aliphatic rings. The molecule has 0 saturated heterocycles. The van der Waals surface area contributed by atoms with E-state index in [1.54, 1.807) is 0 Å². The van der Waals surface area contributed by atoms with Crippen LogP contribution in [0.4, 0.5) is 0 Å². The van der Waals surface area contributed by atoms with E-state index in [4.69, 9.17) is 0 Å². The van der Waals surface area contributed by atoms with Crippen LogP contribution in [-0.4, -0.2) is 10.2 Å². The molecule has 0 aliphatic carbocycles. The third-order valence-corrected chi connectivity index (χ3v) is 3.58. The highest BCUT2D eigenvalue weighted by atomic mass is 16.3. The molecule has 0 unspecified atom stereocenters. The molecule has 0 radical (unpaired) electrons. The van der Waals surface area contributed by atoms with Crippen LogP contribution in [0.15, 0.2) is 36.4 Å². The van der Waals surface area contributed by atoms with Gasteiger partial charge in [-0.25, -0.2) is 0 Å². The molecule has 0 atom stereocenters. The van der Waals surface area contributed by atoms with Gasteiger partial charge in [0.25, 0.3) is 0 Å². The molecular weight excluding hydrogens is 224 g/mol. The van der Waals surface area contributed by atoms with E-state index in [1.807, 2.05) is 50.2 Å². The average Bonchev–Trinajstić information content (AvgIpc) is 2.38. The molecule has 3 aromatic rings. The Morgan fingerprint density at radius 3 is 1.44 bits per heavy atom. The molecule has 90 valence electrons. The smallest absolute Gasteiger partial charge is 0.131 e. The van der Waals surface area contributed by atoms with Crippen LogP contribution < -0.4 is 0 Å². The Morgan fingerprint density at radius 2 is 1.06 bits per heavy atom. The van der Waals surface area contributed by atoms with Gasteiger partial charge in [-0.3, -0.25) is 0 Å². The second-order valence-corrected chi connectivity index (χ2v) is 4.72. The summed E-state index contributed by atoms with van der Waals surface area (Å²) in [6.07, 6.45) is 0. The Labute approximate surface area is 105 Å². The van der Waals surface area contributed by atoms with Crippen molar-refractivity contribution in [3.05, 3.63) is 47.5 Å². The van der Waals surface area contributed by atoms with Gasteiger partial charge in [0, 0.05) is 21.5 Å². The Balaban J connectivity index is 2.62. The number of hydrogen-bond donors (Lipinski definition) is 2. The molecule has 18 heavy (non-hydrogen) atoms. The normalized spacial score (nSPS) is 11.2. The fourth-order valence-electron chi connectivity index (χ4n) is 2.39. The van der Waals surface area contributed by atoms with Crippen molar-refractivity contribution >= 4 is 21.5 Å². The van der Waals surface area contributed by atoms with Crippen LogP contribution in [-0.2, 0) is 0 Å². The molecule has 0 bridgehead atoms. The van der Waals surface area contributed by atoms with Crippen LogP contribution in [0.25, 0.3) is 21.5 Å². The first-order valence-corrected chi connectivity index (χ1v) is 5.93. The summed E-state index contributed by atoms with van der Waals surface area (Å²) < 4.78 is 0. The maximum absolute atomic E-state index is 10.3. The van der Waals surface area contributed by atoms with Gasteiger partial charge in [-0.15, -0.1) is 0 Å². The molecule has 2 N–H and O–H groups in total. The van der Waals surface area contributed by atoms with Gasteiger partial charge in [0.1, 0.15) is 11.5 Å². The van der Waals surface area contributed by atoms with Crippen LogP contribution >= 0.6 is 0 Å². The summed E-state index contributed by atoms with van der Waals surface area (Å²) in [5.74, 6) is 0.475. The Bertz CT molecular complexity index is 707. The zero-order chi connectivity index (χ0) is 12.9. The third kappa shape index (κ3) is 1.35. The van der Waals surface area contributed by atoms with Gasteiger partial charge in [0.15, 0.2) is 0 Å². The maximum Gasteiger partial charge on any atom is 0.131 e. The Kier molecular flexibility index (Phi) is 2.20. The van der Waals surface area contributed by atoms with Gasteiger partial charge in [0.05, 0.1) is 0 Å². The highest BCUT2D eigenvalue weighted by Crippen LogP contribution is 2.41. The van der Waals surface area contributed by atoms with Crippen LogP contribution in [0, 0.1) is 13.8 Å². The molecule has 3 aromatic carbocycles. The number of phenolic OH excluding ortho intramolecular Hbond substituents is 2. The van der Waals surface area contributed by atoms with Crippen LogP contribution in [0.1, 0.15) is 11.1 Å². The second kappa shape index (κ2) is 3.64. The van der Waals surface area contributed by atoms with E-state index in [9.17, 15) is 10.2 Å². The number of phenols is 2. The molecule has 3 rings (SSSR count). The topological polar surface area (TPSA) is 40.5 Å². The minimum absolute atomic E-state index is 0.238. The van der Waals surface area contributed by atoms with E-state index in [0.717, 1.165) is 11.1 Å². The molecular formula is C16H14O2. The number of rotatable bonds is 0. The number of aryl methyl sites for hydroxylation is 2. The van der Waals surface area contributed by atoms with Gasteiger partial charge in [-0.05, 0) is 37.1 Å². The molecule has 0 heterocycles. The van der Waals surface area contributed by atoms with Crippen LogP contribution in [0.3, 0.4) is 0 Å². The Morgan fingerprint density at radius 1 is 0.667 bits per heavy atom. The molecule has 2 nitrogen and oxygen atoms in total. The fraction of sp³-hybridized carbons (Fsp3) is 0.125. The highest BCUT2D eigenvalue weighted by molar-refractivity contribution is 6.10. The summed E-state index contributed by atoms with van der Waals surface area (Å²) in [7, 11) is 0. The SMILES string of the molecule is Cc1cc2c(O)c3ccccc3c(O)c2cc1C. The quantitative estimate of drug-likeness (QED) is 0.458. The van der Waals surface area contributed by atoms with E-state index in [2.05, 4.69) is 0 Å². The summed E-state index contributed by atoms with van der Waals surface area (Å²) in [5.41, 5.74) is 2.21. The van der Waals surface area contributed by atoms with Crippen LogP contribution in [0.2, 0.25) is 0 Å². The van der Waals surface area contributed by atoms with Gasteiger partial charge in [0.2, 0.25) is 0 Å². The number of hydrogen-bond acceptors (Lipinski definition) is 2. The Hall–Kier alpha value is -2.22. The van der Waals surface area contributed by atoms with Crippen molar-refractivity contribution in [3.8, 4) is 11.5 Å². The molecule has 0 amide bonds. The summed E-state index contributed by atoms with van der Waals surface area (Å²) in [5, 5.41) is 23.5. The molecule has 0 saturated carbocycles. The van der Waals surface area contributed by atoms with Gasteiger partial charge in [-0.2, -0.15) is 0 Å². The first-order chi connectivity index (χ1) is 8.59. The molecule has 0 aromatic heterocycles. The zero-order valence-electron chi connectivity index (χ0n) is 10.4. The van der Waals surface area contributed by atoms with Crippen molar-refractivity contribution in [2.45, 2.75) is 13.8 Å². The van der Waals surface area contributed by atoms with E-state index >= 15 is 0 Å². The maximum atomic E-state index is 10.3. The average molecular weight is 238 g/mol. The van der Waals surface area contributed by atoms with E-state index < -0.39 is 0 Å². The minimum atomic E-state index is 0.238. The molecule has 0 aliphatic heterocycles. The molecule has 2 heteroatoms. The second-order valence-electron chi connectivity index (χ2n) is 4.72. The van der Waals surface area contributed by atoms with E-state index in [0.29, 0.717) is 21.5 Å². The molecule has 0 fully saturated rings. The standard InChI is InChI=1S/C16H14O2/c1-9-7-13-14(8-10(9)2)16(18)12-6-4-3-5-11(12)15(13)17/h3-8,17-18H,1-2H3. The van der Waals surface area contributed by atoms with Crippen molar-refractivity contribution in [1.29, 1.82) is 0 Å². The predicted octanol–water partition coefficient (Wildman–Crippen LogP) is 4.02. The lowest BCUT2D eigenvalue weighted by molar-refractivity contribution is 0.478. The van der Waals surface area contributed by atoms with Crippen molar-refractivity contribution in [1.82, 2.24) is 0 Å². The van der Waals surface area contributed by atoms with Gasteiger partial charge < -0.3 is 10.2 Å². The largest absolute Gasteiger partial charge is 0.507 e. The third-order valence-electron chi connectivity index (χ3n) is 3.58.